The first kappa shape index (κ1) is 22.6. The topological polar surface area (TPSA) is 114 Å². The van der Waals surface area contributed by atoms with E-state index in [1.165, 1.54) is 10.2 Å². The van der Waals surface area contributed by atoms with Crippen molar-refractivity contribution in [1.82, 2.24) is 18.5 Å². The maximum atomic E-state index is 13.3. The summed E-state index contributed by atoms with van der Waals surface area (Å²) in [5.41, 5.74) is 1.80. The summed E-state index contributed by atoms with van der Waals surface area (Å²) in [4.78, 5) is 9.34. The summed E-state index contributed by atoms with van der Waals surface area (Å²) in [5, 5.41) is 20.1. The maximum absolute atomic E-state index is 13.3. The van der Waals surface area contributed by atoms with E-state index in [0.29, 0.717) is 34.7 Å². The number of nitriles is 1. The molecule has 1 N–H and O–H groups in total. The van der Waals surface area contributed by atoms with E-state index in [4.69, 9.17) is 5.26 Å². The molecule has 1 atom stereocenters. The first-order valence-corrected chi connectivity index (χ1v) is 13.1. The number of nitrogens with zero attached hydrogens (tertiary/aromatic N) is 5. The van der Waals surface area contributed by atoms with Gasteiger partial charge in [-0.25, -0.2) is 22.4 Å². The molecular weight excluding hydrogens is 450 g/mol. The van der Waals surface area contributed by atoms with Gasteiger partial charge < -0.3 is 9.67 Å². The molecule has 0 saturated heterocycles. The van der Waals surface area contributed by atoms with Crippen molar-refractivity contribution in [3.05, 3.63) is 54.6 Å². The Kier molecular flexibility index (Phi) is 5.88. The van der Waals surface area contributed by atoms with Gasteiger partial charge in [-0.15, -0.1) is 0 Å². The Balaban J connectivity index is 1.62. The molecule has 1 aliphatic carbocycles. The van der Waals surface area contributed by atoms with Gasteiger partial charge in [-0.05, 0) is 63.1 Å². The summed E-state index contributed by atoms with van der Waals surface area (Å²) < 4.78 is 29.9. The minimum absolute atomic E-state index is 0.146. The molecule has 1 aliphatic rings. The Morgan fingerprint density at radius 3 is 2.59 bits per heavy atom. The van der Waals surface area contributed by atoms with Gasteiger partial charge in [0.2, 0.25) is 0 Å². The predicted molar refractivity (Wildman–Crippen MR) is 129 cm³/mol. The molecule has 3 heterocycles. The third-order valence-electron chi connectivity index (χ3n) is 6.88. The highest BCUT2D eigenvalue weighted by atomic mass is 32.2. The van der Waals surface area contributed by atoms with Crippen LogP contribution in [0, 0.1) is 17.2 Å². The monoisotopic (exact) mass is 477 g/mol. The van der Waals surface area contributed by atoms with Crippen LogP contribution in [-0.4, -0.2) is 32.0 Å². The van der Waals surface area contributed by atoms with Crippen molar-refractivity contribution in [3.63, 3.8) is 0 Å². The van der Waals surface area contributed by atoms with Crippen LogP contribution in [0.5, 0.6) is 0 Å². The van der Waals surface area contributed by atoms with Crippen LogP contribution < -0.4 is 0 Å². The van der Waals surface area contributed by atoms with E-state index in [-0.39, 0.29) is 10.9 Å². The van der Waals surface area contributed by atoms with Crippen LogP contribution in [-0.2, 0) is 10.0 Å². The number of aromatic nitrogens is 4. The van der Waals surface area contributed by atoms with Crippen LogP contribution in [0.3, 0.4) is 0 Å². The molecule has 176 valence electrons. The Morgan fingerprint density at radius 1 is 1.18 bits per heavy atom. The Morgan fingerprint density at radius 2 is 1.91 bits per heavy atom. The molecule has 3 aromatic heterocycles. The number of fused-ring (bicyclic) bond motifs is 3. The van der Waals surface area contributed by atoms with Gasteiger partial charge in [0.05, 0.1) is 22.7 Å². The molecule has 0 amide bonds. The molecular formula is C25H27N5O3S. The minimum atomic E-state index is -3.81. The number of aliphatic hydroxyl groups is 1. The van der Waals surface area contributed by atoms with Crippen molar-refractivity contribution in [2.75, 3.05) is 0 Å². The number of rotatable bonds is 6. The highest BCUT2D eigenvalue weighted by Crippen LogP contribution is 2.39. The zero-order valence-corrected chi connectivity index (χ0v) is 19.8. The number of imidazole rings is 1. The molecule has 0 aliphatic heterocycles. The summed E-state index contributed by atoms with van der Waals surface area (Å²) >= 11 is 0. The van der Waals surface area contributed by atoms with Crippen LogP contribution in [0.25, 0.3) is 22.1 Å². The van der Waals surface area contributed by atoms with Crippen molar-refractivity contribution < 1.29 is 13.5 Å². The van der Waals surface area contributed by atoms with E-state index in [2.05, 4.69) is 20.6 Å². The van der Waals surface area contributed by atoms with Gasteiger partial charge in [-0.3, -0.25) is 0 Å². The first-order chi connectivity index (χ1) is 16.4. The number of hydrogen-bond donors (Lipinski definition) is 1. The highest BCUT2D eigenvalue weighted by Gasteiger charge is 2.29. The molecule has 0 radical (unpaired) electrons. The van der Waals surface area contributed by atoms with Crippen LogP contribution in [0.1, 0.15) is 63.4 Å². The lowest BCUT2D eigenvalue weighted by Crippen LogP contribution is -2.20. The Labute approximate surface area is 198 Å². The van der Waals surface area contributed by atoms with E-state index in [1.54, 1.807) is 49.5 Å². The maximum Gasteiger partial charge on any atom is 0.269 e. The number of benzene rings is 1. The van der Waals surface area contributed by atoms with E-state index >= 15 is 0 Å². The lowest BCUT2D eigenvalue weighted by molar-refractivity contribution is 0.174. The van der Waals surface area contributed by atoms with Crippen molar-refractivity contribution in [1.29, 1.82) is 5.26 Å². The van der Waals surface area contributed by atoms with Crippen LogP contribution >= 0.6 is 0 Å². The van der Waals surface area contributed by atoms with Gasteiger partial charge in [0, 0.05) is 24.0 Å². The van der Waals surface area contributed by atoms with Gasteiger partial charge in [0.15, 0.2) is 5.65 Å². The molecule has 1 saturated carbocycles. The Bertz CT molecular complexity index is 1470. The fourth-order valence-electron chi connectivity index (χ4n) is 5.19. The van der Waals surface area contributed by atoms with Gasteiger partial charge >= 0.3 is 0 Å². The molecule has 1 aromatic carbocycles. The largest absolute Gasteiger partial charge is 0.385 e. The van der Waals surface area contributed by atoms with Gasteiger partial charge in [0.1, 0.15) is 17.4 Å². The third kappa shape index (κ3) is 3.77. The summed E-state index contributed by atoms with van der Waals surface area (Å²) in [6.45, 7) is 1.70. The van der Waals surface area contributed by atoms with Crippen LogP contribution in [0.2, 0.25) is 0 Å². The number of pyridine rings is 1. The second-order valence-electron chi connectivity index (χ2n) is 9.05. The van der Waals surface area contributed by atoms with E-state index in [1.807, 2.05) is 0 Å². The van der Waals surface area contributed by atoms with Gasteiger partial charge in [-0.2, -0.15) is 5.26 Å². The van der Waals surface area contributed by atoms with Crippen molar-refractivity contribution in [3.8, 4) is 6.07 Å². The molecule has 9 heteroatoms. The first-order valence-electron chi connectivity index (χ1n) is 11.7. The summed E-state index contributed by atoms with van der Waals surface area (Å²) in [6.07, 6.45) is 7.75. The van der Waals surface area contributed by atoms with Crippen molar-refractivity contribution >= 4 is 32.1 Å². The molecule has 4 aromatic rings. The molecule has 34 heavy (non-hydrogen) atoms. The lowest BCUT2D eigenvalue weighted by atomic mass is 9.83. The second-order valence-corrected chi connectivity index (χ2v) is 10.9. The smallest absolute Gasteiger partial charge is 0.269 e. The van der Waals surface area contributed by atoms with E-state index in [9.17, 15) is 13.5 Å². The predicted octanol–water partition coefficient (Wildman–Crippen LogP) is 4.71. The average Bonchev–Trinajstić information content (AvgIpc) is 3.46. The summed E-state index contributed by atoms with van der Waals surface area (Å²) in [7, 11) is -3.81. The quantitative estimate of drug-likeness (QED) is 0.430. The normalized spacial score (nSPS) is 19.9. The second kappa shape index (κ2) is 8.85. The number of aliphatic hydroxyl groups excluding tert-OH is 1. The van der Waals surface area contributed by atoms with Crippen LogP contribution in [0.15, 0.2) is 53.7 Å². The summed E-state index contributed by atoms with van der Waals surface area (Å²) in [5.74, 6) is 1.11. The molecule has 5 rings (SSSR count). The summed E-state index contributed by atoms with van der Waals surface area (Å²) in [6, 6.07) is 12.5. The van der Waals surface area contributed by atoms with E-state index < -0.39 is 16.1 Å². The SMILES string of the molecule is C[C@@H](O)c1nc2cnc3c(ccn3S(=O)(=O)c3ccccc3)c2n1C1CCC(CCC#N)CC1. The highest BCUT2D eigenvalue weighted by molar-refractivity contribution is 7.90. The van der Waals surface area contributed by atoms with Crippen molar-refractivity contribution in [2.24, 2.45) is 5.92 Å². The fraction of sp³-hybridized carbons (Fsp3) is 0.400. The molecule has 0 unspecified atom stereocenters. The average molecular weight is 478 g/mol. The van der Waals surface area contributed by atoms with Crippen LogP contribution in [0.4, 0.5) is 0 Å². The molecule has 0 bridgehead atoms. The van der Waals surface area contributed by atoms with Gasteiger partial charge in [0.25, 0.3) is 10.0 Å². The van der Waals surface area contributed by atoms with Gasteiger partial charge in [-0.1, -0.05) is 18.2 Å². The fourth-order valence-corrected chi connectivity index (χ4v) is 6.51. The molecule has 0 spiro atoms. The third-order valence-corrected chi connectivity index (χ3v) is 8.56. The van der Waals surface area contributed by atoms with E-state index in [0.717, 1.165) is 37.6 Å². The zero-order valence-electron chi connectivity index (χ0n) is 19.0. The molecule has 8 nitrogen and oxygen atoms in total. The lowest BCUT2D eigenvalue weighted by Gasteiger charge is -2.31. The standard InChI is InChI=1S/C25H27N5O3S/c1-17(31)24-28-22-16-27-25-21(13-15-29(25)34(32,33)20-7-3-2-4-8-20)23(22)30(24)19-11-9-18(10-12-19)6-5-14-26/h2-4,7-8,13,15-19,31H,5-6,9-12H2,1H3/t17-,18?,19?/m1/s1. The minimum Gasteiger partial charge on any atom is -0.385 e. The zero-order chi connectivity index (χ0) is 23.9. The Hall–Kier alpha value is -3.22. The molecule has 1 fully saturated rings. The number of hydrogen-bond acceptors (Lipinski definition) is 6. The van der Waals surface area contributed by atoms with Crippen molar-refractivity contribution in [2.45, 2.75) is 62.5 Å².